The SMILES string of the molecule is CCOC(CCl)OC1C=CCC1(C)C. The van der Waals surface area contributed by atoms with Gasteiger partial charge in [0.15, 0.2) is 6.29 Å². The van der Waals surface area contributed by atoms with Crippen LogP contribution in [0, 0.1) is 5.41 Å². The van der Waals surface area contributed by atoms with Gasteiger partial charge < -0.3 is 9.47 Å². The molecule has 0 aliphatic heterocycles. The van der Waals surface area contributed by atoms with Crippen LogP contribution >= 0.6 is 11.6 Å². The largest absolute Gasteiger partial charge is 0.352 e. The van der Waals surface area contributed by atoms with Crippen LogP contribution in [0.25, 0.3) is 0 Å². The fraction of sp³-hybridized carbons (Fsp3) is 0.818. The Balaban J connectivity index is 2.45. The summed E-state index contributed by atoms with van der Waals surface area (Å²) in [5.74, 6) is 0.383. The lowest BCUT2D eigenvalue weighted by Crippen LogP contribution is -2.33. The molecule has 82 valence electrons. The zero-order valence-electron chi connectivity index (χ0n) is 9.13. The van der Waals surface area contributed by atoms with E-state index in [0.29, 0.717) is 12.5 Å². The molecule has 0 saturated heterocycles. The Labute approximate surface area is 91.2 Å². The first-order chi connectivity index (χ1) is 6.60. The Hall–Kier alpha value is -0.0500. The van der Waals surface area contributed by atoms with Gasteiger partial charge in [0.25, 0.3) is 0 Å². The normalized spacial score (nSPS) is 26.7. The molecule has 0 N–H and O–H groups in total. The summed E-state index contributed by atoms with van der Waals surface area (Å²) in [5, 5.41) is 0. The molecule has 0 radical (unpaired) electrons. The monoisotopic (exact) mass is 218 g/mol. The molecule has 2 atom stereocenters. The summed E-state index contributed by atoms with van der Waals surface area (Å²) in [6.07, 6.45) is 5.14. The number of hydrogen-bond donors (Lipinski definition) is 0. The van der Waals surface area contributed by atoms with Crippen molar-refractivity contribution in [1.82, 2.24) is 0 Å². The van der Waals surface area contributed by atoms with Crippen molar-refractivity contribution in [2.45, 2.75) is 39.6 Å². The van der Waals surface area contributed by atoms with Crippen molar-refractivity contribution in [2.24, 2.45) is 5.41 Å². The summed E-state index contributed by atoms with van der Waals surface area (Å²) in [5.41, 5.74) is 0.168. The topological polar surface area (TPSA) is 18.5 Å². The van der Waals surface area contributed by atoms with E-state index in [0.717, 1.165) is 6.42 Å². The maximum atomic E-state index is 5.78. The van der Waals surface area contributed by atoms with Gasteiger partial charge in [0, 0.05) is 6.61 Å². The molecule has 0 bridgehead atoms. The fourth-order valence-corrected chi connectivity index (χ4v) is 1.73. The van der Waals surface area contributed by atoms with E-state index in [1.54, 1.807) is 0 Å². The quantitative estimate of drug-likeness (QED) is 0.401. The molecule has 0 aromatic heterocycles. The third kappa shape index (κ3) is 2.97. The van der Waals surface area contributed by atoms with E-state index in [2.05, 4.69) is 26.0 Å². The van der Waals surface area contributed by atoms with Gasteiger partial charge in [-0.25, -0.2) is 0 Å². The van der Waals surface area contributed by atoms with Crippen molar-refractivity contribution in [1.29, 1.82) is 0 Å². The van der Waals surface area contributed by atoms with Gasteiger partial charge in [-0.1, -0.05) is 26.0 Å². The molecule has 0 saturated carbocycles. The Morgan fingerprint density at radius 2 is 2.29 bits per heavy atom. The highest BCUT2D eigenvalue weighted by Gasteiger charge is 2.33. The Morgan fingerprint density at radius 1 is 1.57 bits per heavy atom. The van der Waals surface area contributed by atoms with Crippen LogP contribution < -0.4 is 0 Å². The molecular weight excluding hydrogens is 200 g/mol. The second-order valence-electron chi connectivity index (χ2n) is 4.22. The Morgan fingerprint density at radius 3 is 2.71 bits per heavy atom. The highest BCUT2D eigenvalue weighted by molar-refractivity contribution is 6.18. The van der Waals surface area contributed by atoms with Crippen LogP contribution in [0.5, 0.6) is 0 Å². The van der Waals surface area contributed by atoms with Crippen LogP contribution in [0.2, 0.25) is 0 Å². The van der Waals surface area contributed by atoms with Crippen LogP contribution in [0.4, 0.5) is 0 Å². The molecule has 2 unspecified atom stereocenters. The van der Waals surface area contributed by atoms with Crippen molar-refractivity contribution < 1.29 is 9.47 Å². The molecule has 3 heteroatoms. The minimum absolute atomic E-state index is 0.123. The first-order valence-electron chi connectivity index (χ1n) is 5.10. The number of halogens is 1. The lowest BCUT2D eigenvalue weighted by Gasteiger charge is -2.29. The third-order valence-electron chi connectivity index (χ3n) is 2.50. The molecule has 0 spiro atoms. The van der Waals surface area contributed by atoms with E-state index in [4.69, 9.17) is 21.1 Å². The maximum Gasteiger partial charge on any atom is 0.171 e. The predicted molar refractivity (Wildman–Crippen MR) is 58.5 cm³/mol. The van der Waals surface area contributed by atoms with Gasteiger partial charge in [-0.2, -0.15) is 0 Å². The number of ether oxygens (including phenoxy) is 2. The smallest absolute Gasteiger partial charge is 0.171 e. The zero-order chi connectivity index (χ0) is 10.6. The van der Waals surface area contributed by atoms with Crippen molar-refractivity contribution in [3.63, 3.8) is 0 Å². The fourth-order valence-electron chi connectivity index (χ4n) is 1.57. The first-order valence-corrected chi connectivity index (χ1v) is 5.63. The van der Waals surface area contributed by atoms with Crippen molar-refractivity contribution in [3.8, 4) is 0 Å². The minimum Gasteiger partial charge on any atom is -0.352 e. The molecule has 0 amide bonds. The summed E-state index contributed by atoms with van der Waals surface area (Å²) in [6.45, 7) is 6.95. The van der Waals surface area contributed by atoms with E-state index < -0.39 is 0 Å². The van der Waals surface area contributed by atoms with Crippen LogP contribution in [0.3, 0.4) is 0 Å². The summed E-state index contributed by atoms with van der Waals surface area (Å²) >= 11 is 5.74. The van der Waals surface area contributed by atoms with Crippen molar-refractivity contribution in [2.75, 3.05) is 12.5 Å². The predicted octanol–water partition coefficient (Wildman–Crippen LogP) is 2.96. The van der Waals surface area contributed by atoms with Gasteiger partial charge in [-0.3, -0.25) is 0 Å². The van der Waals surface area contributed by atoms with E-state index >= 15 is 0 Å². The Kier molecular flexibility index (Phi) is 4.42. The molecule has 1 aliphatic carbocycles. The van der Waals surface area contributed by atoms with Gasteiger partial charge in [0.1, 0.15) is 0 Å². The molecule has 0 aromatic carbocycles. The van der Waals surface area contributed by atoms with Gasteiger partial charge in [-0.15, -0.1) is 11.6 Å². The highest BCUT2D eigenvalue weighted by Crippen LogP contribution is 2.35. The highest BCUT2D eigenvalue weighted by atomic mass is 35.5. The van der Waals surface area contributed by atoms with Crippen LogP contribution in [0.15, 0.2) is 12.2 Å². The van der Waals surface area contributed by atoms with E-state index in [1.165, 1.54) is 0 Å². The molecule has 2 nitrogen and oxygen atoms in total. The number of alkyl halides is 1. The molecule has 14 heavy (non-hydrogen) atoms. The summed E-state index contributed by atoms with van der Waals surface area (Å²) in [7, 11) is 0. The van der Waals surface area contributed by atoms with E-state index in [9.17, 15) is 0 Å². The van der Waals surface area contributed by atoms with Crippen molar-refractivity contribution >= 4 is 11.6 Å². The van der Waals surface area contributed by atoms with E-state index in [1.807, 2.05) is 6.92 Å². The zero-order valence-corrected chi connectivity index (χ0v) is 9.88. The average molecular weight is 219 g/mol. The molecule has 0 aromatic rings. The summed E-state index contributed by atoms with van der Waals surface area (Å²) < 4.78 is 11.1. The van der Waals surface area contributed by atoms with Crippen LogP contribution in [-0.4, -0.2) is 24.9 Å². The van der Waals surface area contributed by atoms with Crippen LogP contribution in [-0.2, 0) is 9.47 Å². The molecule has 1 aliphatic rings. The van der Waals surface area contributed by atoms with Crippen LogP contribution in [0.1, 0.15) is 27.2 Å². The second kappa shape index (κ2) is 5.15. The molecule has 0 heterocycles. The van der Waals surface area contributed by atoms with Gasteiger partial charge >= 0.3 is 0 Å². The maximum absolute atomic E-state index is 5.78. The molecule has 0 fully saturated rings. The summed E-state index contributed by atoms with van der Waals surface area (Å²) in [6, 6.07) is 0. The first kappa shape index (κ1) is 12.0. The summed E-state index contributed by atoms with van der Waals surface area (Å²) in [4.78, 5) is 0. The third-order valence-corrected chi connectivity index (χ3v) is 2.75. The lowest BCUT2D eigenvalue weighted by atomic mass is 9.88. The number of rotatable bonds is 5. The average Bonchev–Trinajstić information content (AvgIpc) is 2.45. The van der Waals surface area contributed by atoms with Gasteiger partial charge in [0.05, 0.1) is 12.0 Å². The molecular formula is C11H19ClO2. The second-order valence-corrected chi connectivity index (χ2v) is 4.53. The minimum atomic E-state index is -0.284. The Bertz CT molecular complexity index is 201. The number of hydrogen-bond acceptors (Lipinski definition) is 2. The van der Waals surface area contributed by atoms with Gasteiger partial charge in [-0.05, 0) is 18.8 Å². The van der Waals surface area contributed by atoms with Gasteiger partial charge in [0.2, 0.25) is 0 Å². The number of allylic oxidation sites excluding steroid dienone is 1. The lowest BCUT2D eigenvalue weighted by molar-refractivity contribution is -0.163. The van der Waals surface area contributed by atoms with Crippen molar-refractivity contribution in [3.05, 3.63) is 12.2 Å². The molecule has 1 rings (SSSR count). The van der Waals surface area contributed by atoms with E-state index in [-0.39, 0.29) is 17.8 Å². The standard InChI is InChI=1S/C11H19ClO2/c1-4-13-10(8-12)14-9-6-5-7-11(9,2)3/h5-6,9-10H,4,7-8H2,1-3H3.